The number of halogens is 3. The molecule has 0 heterocycles. The highest BCUT2D eigenvalue weighted by Crippen LogP contribution is 2.31. The van der Waals surface area contributed by atoms with Crippen LogP contribution in [0.1, 0.15) is 22.7 Å². The van der Waals surface area contributed by atoms with E-state index in [1.807, 2.05) is 25.1 Å². The summed E-state index contributed by atoms with van der Waals surface area (Å²) in [6.07, 6.45) is 0. The van der Waals surface area contributed by atoms with E-state index in [9.17, 15) is 4.39 Å². The molecule has 0 bridgehead atoms. The van der Waals surface area contributed by atoms with Gasteiger partial charge in [0.2, 0.25) is 0 Å². The summed E-state index contributed by atoms with van der Waals surface area (Å²) in [5, 5.41) is 0.558. The first-order valence-corrected chi connectivity index (χ1v) is 6.87. The summed E-state index contributed by atoms with van der Waals surface area (Å²) in [4.78, 5) is 0. The van der Waals surface area contributed by atoms with Crippen molar-refractivity contribution in [1.29, 1.82) is 0 Å². The highest BCUT2D eigenvalue weighted by atomic mass is 79.9. The molecule has 5 heteroatoms. The molecule has 0 saturated carbocycles. The van der Waals surface area contributed by atoms with Crippen LogP contribution in [0.3, 0.4) is 0 Å². The molecule has 1 unspecified atom stereocenters. The van der Waals surface area contributed by atoms with Crippen molar-refractivity contribution >= 4 is 27.5 Å². The van der Waals surface area contributed by atoms with Crippen LogP contribution in [-0.4, -0.2) is 0 Å². The molecule has 0 aliphatic heterocycles. The lowest BCUT2D eigenvalue weighted by molar-refractivity contribution is 0.560. The van der Waals surface area contributed by atoms with Gasteiger partial charge in [-0.3, -0.25) is 5.84 Å². The molecule has 0 fully saturated rings. The normalized spacial score (nSPS) is 12.5. The summed E-state index contributed by atoms with van der Waals surface area (Å²) in [5.41, 5.74) is 4.85. The van der Waals surface area contributed by atoms with E-state index in [2.05, 4.69) is 21.4 Å². The van der Waals surface area contributed by atoms with Crippen LogP contribution in [0, 0.1) is 12.7 Å². The Kier molecular flexibility index (Phi) is 4.58. The Bertz CT molecular complexity index is 604. The Morgan fingerprint density at radius 2 is 1.95 bits per heavy atom. The van der Waals surface area contributed by atoms with Crippen molar-refractivity contribution in [1.82, 2.24) is 5.43 Å². The van der Waals surface area contributed by atoms with Crippen LogP contribution < -0.4 is 11.3 Å². The Hall–Kier alpha value is -0.940. The van der Waals surface area contributed by atoms with E-state index in [-0.39, 0.29) is 5.82 Å². The second-order valence-corrected chi connectivity index (χ2v) is 5.61. The monoisotopic (exact) mass is 342 g/mol. The maximum absolute atomic E-state index is 13.9. The fourth-order valence-electron chi connectivity index (χ4n) is 1.95. The first-order valence-electron chi connectivity index (χ1n) is 5.70. The number of benzene rings is 2. The average Bonchev–Trinajstić information content (AvgIpc) is 2.36. The van der Waals surface area contributed by atoms with E-state index < -0.39 is 6.04 Å². The van der Waals surface area contributed by atoms with Gasteiger partial charge in [-0.05, 0) is 42.3 Å². The van der Waals surface area contributed by atoms with E-state index in [1.54, 1.807) is 12.1 Å². The third-order valence-corrected chi connectivity index (χ3v) is 3.72. The van der Waals surface area contributed by atoms with Crippen molar-refractivity contribution in [3.63, 3.8) is 0 Å². The molecule has 2 aromatic carbocycles. The first kappa shape index (κ1) is 14.5. The number of hydrogen-bond donors (Lipinski definition) is 2. The van der Waals surface area contributed by atoms with Crippen LogP contribution in [0.4, 0.5) is 4.39 Å². The molecule has 0 amide bonds. The molecule has 0 saturated heterocycles. The molecular formula is C14H13BrClFN2. The number of nitrogens with two attached hydrogens (primary N) is 1. The fourth-order valence-corrected chi connectivity index (χ4v) is 2.67. The number of aryl methyl sites for hydroxylation is 1. The predicted octanol–water partition coefficient (Wildman–Crippen LogP) is 4.10. The van der Waals surface area contributed by atoms with Crippen molar-refractivity contribution in [3.05, 3.63) is 68.4 Å². The zero-order valence-corrected chi connectivity index (χ0v) is 12.6. The second-order valence-electron chi connectivity index (χ2n) is 4.29. The fraction of sp³-hybridized carbons (Fsp3) is 0.143. The summed E-state index contributed by atoms with van der Waals surface area (Å²) in [6.45, 7) is 1.94. The Labute approximate surface area is 124 Å². The maximum atomic E-state index is 13.9. The van der Waals surface area contributed by atoms with Crippen LogP contribution in [0.2, 0.25) is 5.02 Å². The van der Waals surface area contributed by atoms with Crippen LogP contribution in [0.25, 0.3) is 0 Å². The van der Waals surface area contributed by atoms with E-state index >= 15 is 0 Å². The van der Waals surface area contributed by atoms with Gasteiger partial charge in [0.25, 0.3) is 0 Å². The summed E-state index contributed by atoms with van der Waals surface area (Å²) < 4.78 is 14.7. The second kappa shape index (κ2) is 6.01. The standard InChI is InChI=1S/C14H13BrClFN2/c1-8-2-4-10(12(16)6-8)14(19-18)11-7-9(15)3-5-13(11)17/h2-7,14,19H,18H2,1H3. The lowest BCUT2D eigenvalue weighted by Gasteiger charge is -2.19. The number of hydrogen-bond acceptors (Lipinski definition) is 2. The predicted molar refractivity (Wildman–Crippen MR) is 79.5 cm³/mol. The molecule has 1 atom stereocenters. The molecule has 0 spiro atoms. The minimum Gasteiger partial charge on any atom is -0.271 e. The van der Waals surface area contributed by atoms with Crippen molar-refractivity contribution in [3.8, 4) is 0 Å². The summed E-state index contributed by atoms with van der Waals surface area (Å²) in [7, 11) is 0. The van der Waals surface area contributed by atoms with Crippen molar-refractivity contribution in [2.75, 3.05) is 0 Å². The minimum atomic E-state index is -0.495. The van der Waals surface area contributed by atoms with E-state index in [0.717, 1.165) is 15.6 Å². The minimum absolute atomic E-state index is 0.331. The highest BCUT2D eigenvalue weighted by molar-refractivity contribution is 9.10. The van der Waals surface area contributed by atoms with E-state index in [4.69, 9.17) is 17.4 Å². The third-order valence-electron chi connectivity index (χ3n) is 2.90. The van der Waals surface area contributed by atoms with Gasteiger partial charge in [0.15, 0.2) is 0 Å². The van der Waals surface area contributed by atoms with Crippen molar-refractivity contribution in [2.45, 2.75) is 13.0 Å². The highest BCUT2D eigenvalue weighted by Gasteiger charge is 2.19. The van der Waals surface area contributed by atoms with Gasteiger partial charge < -0.3 is 0 Å². The Balaban J connectivity index is 2.52. The summed E-state index contributed by atoms with van der Waals surface area (Å²) in [6, 6.07) is 9.83. The van der Waals surface area contributed by atoms with E-state index in [1.165, 1.54) is 6.07 Å². The molecule has 0 aliphatic rings. The van der Waals surface area contributed by atoms with Gasteiger partial charge in [-0.2, -0.15) is 0 Å². The summed E-state index contributed by atoms with van der Waals surface area (Å²) in [5.74, 6) is 5.24. The zero-order chi connectivity index (χ0) is 14.0. The lowest BCUT2D eigenvalue weighted by atomic mass is 9.98. The van der Waals surface area contributed by atoms with Gasteiger partial charge in [0.1, 0.15) is 5.82 Å². The molecule has 0 aliphatic carbocycles. The van der Waals surface area contributed by atoms with Gasteiger partial charge in [0.05, 0.1) is 6.04 Å². The molecule has 0 radical (unpaired) electrons. The topological polar surface area (TPSA) is 38.0 Å². The molecular weight excluding hydrogens is 331 g/mol. The SMILES string of the molecule is Cc1ccc(C(NN)c2cc(Br)ccc2F)c(Cl)c1. The van der Waals surface area contributed by atoms with Gasteiger partial charge >= 0.3 is 0 Å². The van der Waals surface area contributed by atoms with Crippen molar-refractivity contribution < 1.29 is 4.39 Å². The van der Waals surface area contributed by atoms with Gasteiger partial charge in [-0.15, -0.1) is 0 Å². The number of hydrazine groups is 1. The largest absolute Gasteiger partial charge is 0.271 e. The smallest absolute Gasteiger partial charge is 0.128 e. The maximum Gasteiger partial charge on any atom is 0.128 e. The van der Waals surface area contributed by atoms with E-state index in [0.29, 0.717) is 10.6 Å². The molecule has 3 N–H and O–H groups in total. The van der Waals surface area contributed by atoms with Crippen LogP contribution in [-0.2, 0) is 0 Å². The molecule has 0 aromatic heterocycles. The van der Waals surface area contributed by atoms with Gasteiger partial charge in [0, 0.05) is 15.1 Å². The number of nitrogens with one attached hydrogen (secondary N) is 1. The average molecular weight is 344 g/mol. The van der Waals surface area contributed by atoms with Gasteiger partial charge in [-0.1, -0.05) is 39.7 Å². The zero-order valence-electron chi connectivity index (χ0n) is 10.3. The Morgan fingerprint density at radius 3 is 2.58 bits per heavy atom. The van der Waals surface area contributed by atoms with Crippen LogP contribution in [0.15, 0.2) is 40.9 Å². The molecule has 100 valence electrons. The number of rotatable bonds is 3. The third kappa shape index (κ3) is 3.15. The van der Waals surface area contributed by atoms with Crippen LogP contribution >= 0.6 is 27.5 Å². The molecule has 2 rings (SSSR count). The van der Waals surface area contributed by atoms with Crippen LogP contribution in [0.5, 0.6) is 0 Å². The van der Waals surface area contributed by atoms with Gasteiger partial charge in [-0.25, -0.2) is 9.82 Å². The van der Waals surface area contributed by atoms with Crippen molar-refractivity contribution in [2.24, 2.45) is 5.84 Å². The quantitative estimate of drug-likeness (QED) is 0.650. The molecule has 2 nitrogen and oxygen atoms in total. The molecule has 19 heavy (non-hydrogen) atoms. The molecule has 2 aromatic rings. The summed E-state index contributed by atoms with van der Waals surface area (Å²) >= 11 is 9.54. The lowest BCUT2D eigenvalue weighted by Crippen LogP contribution is -2.29. The Morgan fingerprint density at radius 1 is 1.21 bits per heavy atom. The first-order chi connectivity index (χ1) is 9.02.